The van der Waals surface area contributed by atoms with Crippen molar-refractivity contribution in [3.05, 3.63) is 65.7 Å². The van der Waals surface area contributed by atoms with Crippen LogP contribution in [0.15, 0.2) is 54.6 Å². The molecule has 22 heavy (non-hydrogen) atoms. The average Bonchev–Trinajstić information content (AvgIpc) is 2.88. The summed E-state index contributed by atoms with van der Waals surface area (Å²) < 4.78 is 2.64. The van der Waals surface area contributed by atoms with Crippen LogP contribution in [0.3, 0.4) is 0 Å². The van der Waals surface area contributed by atoms with Gasteiger partial charge in [0, 0.05) is 25.9 Å². The van der Waals surface area contributed by atoms with Gasteiger partial charge in [0.15, 0.2) is 0 Å². The van der Waals surface area contributed by atoms with Crippen LogP contribution >= 0.6 is 11.3 Å². The Hall–Kier alpha value is -2.32. The summed E-state index contributed by atoms with van der Waals surface area (Å²) in [5.41, 5.74) is 12.1. The number of anilines is 1. The molecule has 0 saturated heterocycles. The van der Waals surface area contributed by atoms with E-state index in [0.717, 1.165) is 5.69 Å². The summed E-state index contributed by atoms with van der Waals surface area (Å²) in [6.45, 7) is 4.37. The summed E-state index contributed by atoms with van der Waals surface area (Å²) in [5.74, 6) is 0. The maximum Gasteiger partial charge on any atom is 0.0433 e. The van der Waals surface area contributed by atoms with E-state index < -0.39 is 0 Å². The van der Waals surface area contributed by atoms with Gasteiger partial charge in [-0.2, -0.15) is 0 Å². The number of aryl methyl sites for hydroxylation is 1. The van der Waals surface area contributed by atoms with Crippen molar-refractivity contribution in [1.82, 2.24) is 0 Å². The Bertz CT molecular complexity index is 1010. The molecule has 0 fully saturated rings. The monoisotopic (exact) mass is 303 g/mol. The lowest BCUT2D eigenvalue weighted by Crippen LogP contribution is -1.87. The molecule has 2 N–H and O–H groups in total. The van der Waals surface area contributed by atoms with E-state index in [9.17, 15) is 0 Å². The van der Waals surface area contributed by atoms with Crippen LogP contribution in [-0.2, 0) is 0 Å². The molecule has 0 bridgehead atoms. The molecule has 0 radical (unpaired) electrons. The lowest BCUT2D eigenvalue weighted by molar-refractivity contribution is 1.34. The number of rotatable bonds is 1. The van der Waals surface area contributed by atoms with Crippen LogP contribution in [0.2, 0.25) is 0 Å². The van der Waals surface area contributed by atoms with Gasteiger partial charge < -0.3 is 5.73 Å². The minimum absolute atomic E-state index is 0.823. The number of hydrogen-bond donors (Lipinski definition) is 1. The van der Waals surface area contributed by atoms with Crippen molar-refractivity contribution < 1.29 is 0 Å². The molecule has 4 aromatic rings. The van der Waals surface area contributed by atoms with Gasteiger partial charge in [-0.05, 0) is 54.3 Å². The van der Waals surface area contributed by atoms with E-state index in [2.05, 4.69) is 62.4 Å². The van der Waals surface area contributed by atoms with Crippen molar-refractivity contribution >= 4 is 37.2 Å². The topological polar surface area (TPSA) is 26.0 Å². The fourth-order valence-electron chi connectivity index (χ4n) is 3.07. The molecule has 0 amide bonds. The maximum absolute atomic E-state index is 5.97. The van der Waals surface area contributed by atoms with Gasteiger partial charge in [0.1, 0.15) is 0 Å². The van der Waals surface area contributed by atoms with E-state index in [4.69, 9.17) is 5.73 Å². The van der Waals surface area contributed by atoms with Crippen molar-refractivity contribution in [1.29, 1.82) is 0 Å². The molecular formula is C20H17NS. The molecule has 0 unspecified atom stereocenters. The Morgan fingerprint density at radius 3 is 2.45 bits per heavy atom. The van der Waals surface area contributed by atoms with Crippen LogP contribution in [0, 0.1) is 13.8 Å². The summed E-state index contributed by atoms with van der Waals surface area (Å²) >= 11 is 1.85. The Kier molecular flexibility index (Phi) is 2.95. The summed E-state index contributed by atoms with van der Waals surface area (Å²) in [6, 6.07) is 19.3. The Morgan fingerprint density at radius 2 is 1.59 bits per heavy atom. The predicted octanol–water partition coefficient (Wildman–Crippen LogP) is 5.92. The number of benzene rings is 3. The first kappa shape index (κ1) is 13.4. The summed E-state index contributed by atoms with van der Waals surface area (Å²) in [7, 11) is 0. The lowest BCUT2D eigenvalue weighted by Gasteiger charge is -2.09. The van der Waals surface area contributed by atoms with Gasteiger partial charge in [-0.3, -0.25) is 0 Å². The zero-order valence-corrected chi connectivity index (χ0v) is 13.5. The minimum Gasteiger partial charge on any atom is -0.399 e. The fourth-order valence-corrected chi connectivity index (χ4v) is 4.28. The largest absolute Gasteiger partial charge is 0.399 e. The molecule has 1 aromatic heterocycles. The Morgan fingerprint density at radius 1 is 0.818 bits per heavy atom. The zero-order valence-electron chi connectivity index (χ0n) is 12.7. The van der Waals surface area contributed by atoms with Crippen molar-refractivity contribution in [3.63, 3.8) is 0 Å². The molecule has 0 aliphatic rings. The van der Waals surface area contributed by atoms with Gasteiger partial charge in [-0.1, -0.05) is 36.4 Å². The number of nitrogen functional groups attached to an aromatic ring is 1. The zero-order chi connectivity index (χ0) is 15.3. The van der Waals surface area contributed by atoms with Crippen LogP contribution < -0.4 is 5.73 Å². The molecule has 0 aliphatic heterocycles. The van der Waals surface area contributed by atoms with Gasteiger partial charge in [0.25, 0.3) is 0 Å². The summed E-state index contributed by atoms with van der Waals surface area (Å²) in [4.78, 5) is 0. The first-order valence-electron chi connectivity index (χ1n) is 7.42. The third kappa shape index (κ3) is 1.92. The highest BCUT2D eigenvalue weighted by Gasteiger charge is 2.12. The van der Waals surface area contributed by atoms with E-state index in [-0.39, 0.29) is 0 Å². The fraction of sp³-hybridized carbons (Fsp3) is 0.100. The second-order valence-electron chi connectivity index (χ2n) is 5.79. The second-order valence-corrected chi connectivity index (χ2v) is 6.84. The maximum atomic E-state index is 5.97. The number of fused-ring (bicyclic) bond motifs is 3. The van der Waals surface area contributed by atoms with E-state index in [1.165, 1.54) is 42.4 Å². The van der Waals surface area contributed by atoms with E-state index >= 15 is 0 Å². The van der Waals surface area contributed by atoms with Gasteiger partial charge in [-0.25, -0.2) is 0 Å². The van der Waals surface area contributed by atoms with Gasteiger partial charge in [0.05, 0.1) is 0 Å². The van der Waals surface area contributed by atoms with Crippen molar-refractivity contribution in [2.75, 3.05) is 5.73 Å². The van der Waals surface area contributed by atoms with Crippen molar-refractivity contribution in [2.24, 2.45) is 0 Å². The van der Waals surface area contributed by atoms with Crippen LogP contribution in [0.1, 0.15) is 11.1 Å². The van der Waals surface area contributed by atoms with Crippen LogP contribution in [0.4, 0.5) is 5.69 Å². The second kappa shape index (κ2) is 4.85. The summed E-state index contributed by atoms with van der Waals surface area (Å²) in [5, 5.41) is 2.55. The highest BCUT2D eigenvalue weighted by atomic mass is 32.1. The van der Waals surface area contributed by atoms with Crippen molar-refractivity contribution in [2.45, 2.75) is 13.8 Å². The summed E-state index contributed by atoms with van der Waals surface area (Å²) in [6.07, 6.45) is 0. The number of thiophene rings is 1. The molecule has 1 heterocycles. The predicted molar refractivity (Wildman–Crippen MR) is 98.7 cm³/mol. The lowest BCUT2D eigenvalue weighted by atomic mass is 9.96. The number of nitrogens with two attached hydrogens (primary N) is 1. The molecule has 0 saturated carbocycles. The van der Waals surface area contributed by atoms with Gasteiger partial charge in [-0.15, -0.1) is 11.3 Å². The Labute approximate surface area is 134 Å². The van der Waals surface area contributed by atoms with Crippen LogP contribution in [0.5, 0.6) is 0 Å². The standard InChI is InChI=1S/C20H17NS/c1-12-5-3-6-15(13(12)2)16-7-4-8-17-18-11-14(21)9-10-19(18)22-20(16)17/h3-11H,21H2,1-2H3. The molecule has 2 heteroatoms. The van der Waals surface area contributed by atoms with Crippen LogP contribution in [-0.4, -0.2) is 0 Å². The molecule has 108 valence electrons. The Balaban J connectivity index is 2.11. The molecule has 0 spiro atoms. The minimum atomic E-state index is 0.823. The van der Waals surface area contributed by atoms with E-state index in [1.54, 1.807) is 0 Å². The normalized spacial score (nSPS) is 11.4. The van der Waals surface area contributed by atoms with E-state index in [1.807, 2.05) is 17.4 Å². The smallest absolute Gasteiger partial charge is 0.0433 e. The average molecular weight is 303 g/mol. The van der Waals surface area contributed by atoms with Crippen LogP contribution in [0.25, 0.3) is 31.3 Å². The first-order chi connectivity index (χ1) is 10.6. The van der Waals surface area contributed by atoms with Gasteiger partial charge in [0.2, 0.25) is 0 Å². The quantitative estimate of drug-likeness (QED) is 0.434. The molecule has 4 rings (SSSR count). The molecular weight excluding hydrogens is 286 g/mol. The molecule has 3 aromatic carbocycles. The van der Waals surface area contributed by atoms with Gasteiger partial charge >= 0.3 is 0 Å². The molecule has 0 atom stereocenters. The third-order valence-corrected chi connectivity index (χ3v) is 5.64. The first-order valence-corrected chi connectivity index (χ1v) is 8.24. The SMILES string of the molecule is Cc1cccc(-c2cccc3c2sc2ccc(N)cc23)c1C. The number of hydrogen-bond acceptors (Lipinski definition) is 2. The van der Waals surface area contributed by atoms with Crippen molar-refractivity contribution in [3.8, 4) is 11.1 Å². The molecule has 0 aliphatic carbocycles. The van der Waals surface area contributed by atoms with E-state index in [0.29, 0.717) is 0 Å². The third-order valence-electron chi connectivity index (χ3n) is 4.42. The highest BCUT2D eigenvalue weighted by Crippen LogP contribution is 2.41. The molecule has 1 nitrogen and oxygen atoms in total. The highest BCUT2D eigenvalue weighted by molar-refractivity contribution is 7.26.